The fourth-order valence-corrected chi connectivity index (χ4v) is 4.31. The summed E-state index contributed by atoms with van der Waals surface area (Å²) in [7, 11) is -3.81. The highest BCUT2D eigenvalue weighted by Crippen LogP contribution is 2.28. The van der Waals surface area contributed by atoms with Crippen molar-refractivity contribution in [3.05, 3.63) is 65.4 Å². The fourth-order valence-electron chi connectivity index (χ4n) is 2.52. The average molecular weight is 386 g/mol. The number of imide groups is 1. The molecule has 0 aliphatic carbocycles. The molecule has 0 unspecified atom stereocenters. The summed E-state index contributed by atoms with van der Waals surface area (Å²) in [6.45, 7) is 0. The van der Waals surface area contributed by atoms with E-state index >= 15 is 0 Å². The van der Waals surface area contributed by atoms with Crippen molar-refractivity contribution >= 4 is 44.0 Å². The van der Waals surface area contributed by atoms with E-state index in [1.54, 1.807) is 11.4 Å². The number of sulfonamides is 1. The number of carbonyl (C=O) groups is 2. The number of nitrogens with zero attached hydrogens (tertiary/aromatic N) is 3. The van der Waals surface area contributed by atoms with Gasteiger partial charge < -0.3 is 0 Å². The van der Waals surface area contributed by atoms with Gasteiger partial charge in [-0.2, -0.15) is 0 Å². The molecular weight excluding hydrogens is 376 g/mol. The Kier molecular flexibility index (Phi) is 3.78. The van der Waals surface area contributed by atoms with Gasteiger partial charge in [0.2, 0.25) is 0 Å². The SMILES string of the molecule is O=C1c2cccnc2C(=O)N1c1ccc(S(=O)(=O)Nc2nccs2)cc1. The molecule has 26 heavy (non-hydrogen) atoms. The number of pyridine rings is 1. The minimum atomic E-state index is -3.81. The topological polar surface area (TPSA) is 109 Å². The number of anilines is 2. The zero-order valence-electron chi connectivity index (χ0n) is 13.0. The quantitative estimate of drug-likeness (QED) is 0.688. The lowest BCUT2D eigenvalue weighted by Gasteiger charge is -2.14. The summed E-state index contributed by atoms with van der Waals surface area (Å²) < 4.78 is 27.0. The lowest BCUT2D eigenvalue weighted by molar-refractivity contribution is 0.0924. The van der Waals surface area contributed by atoms with Crippen molar-refractivity contribution < 1.29 is 18.0 Å². The molecule has 1 N–H and O–H groups in total. The molecule has 4 rings (SSSR count). The van der Waals surface area contributed by atoms with Crippen LogP contribution in [-0.4, -0.2) is 30.2 Å². The Morgan fingerprint density at radius 2 is 1.73 bits per heavy atom. The first-order valence-corrected chi connectivity index (χ1v) is 9.70. The summed E-state index contributed by atoms with van der Waals surface area (Å²) >= 11 is 1.16. The lowest BCUT2D eigenvalue weighted by Crippen LogP contribution is -2.29. The number of fused-ring (bicyclic) bond motifs is 1. The molecule has 10 heteroatoms. The van der Waals surface area contributed by atoms with E-state index in [9.17, 15) is 18.0 Å². The van der Waals surface area contributed by atoms with E-state index in [4.69, 9.17) is 0 Å². The van der Waals surface area contributed by atoms with Crippen LogP contribution in [0.4, 0.5) is 10.8 Å². The van der Waals surface area contributed by atoms with Gasteiger partial charge in [0, 0.05) is 17.8 Å². The second-order valence-corrected chi connectivity index (χ2v) is 7.86. The molecule has 3 aromatic rings. The van der Waals surface area contributed by atoms with Gasteiger partial charge in [0.1, 0.15) is 5.69 Å². The van der Waals surface area contributed by atoms with E-state index in [0.29, 0.717) is 0 Å². The van der Waals surface area contributed by atoms with Crippen molar-refractivity contribution in [2.24, 2.45) is 0 Å². The largest absolute Gasteiger partial charge is 0.284 e. The number of thiazole rings is 1. The van der Waals surface area contributed by atoms with Crippen LogP contribution in [0.3, 0.4) is 0 Å². The highest BCUT2D eigenvalue weighted by molar-refractivity contribution is 7.93. The van der Waals surface area contributed by atoms with Gasteiger partial charge in [-0.15, -0.1) is 11.3 Å². The van der Waals surface area contributed by atoms with Crippen LogP contribution in [0.25, 0.3) is 0 Å². The third-order valence-electron chi connectivity index (χ3n) is 3.71. The summed E-state index contributed by atoms with van der Waals surface area (Å²) in [4.78, 5) is 33.6. The Hall–Kier alpha value is -3.11. The van der Waals surface area contributed by atoms with Crippen LogP contribution in [0.2, 0.25) is 0 Å². The number of nitrogens with one attached hydrogen (secondary N) is 1. The smallest absolute Gasteiger partial charge is 0.268 e. The highest BCUT2D eigenvalue weighted by atomic mass is 32.2. The van der Waals surface area contributed by atoms with Crippen LogP contribution in [0.1, 0.15) is 20.8 Å². The zero-order chi connectivity index (χ0) is 18.3. The van der Waals surface area contributed by atoms with Crippen molar-refractivity contribution in [2.45, 2.75) is 4.90 Å². The van der Waals surface area contributed by atoms with Crippen LogP contribution in [-0.2, 0) is 10.0 Å². The number of hydrogen-bond acceptors (Lipinski definition) is 7. The van der Waals surface area contributed by atoms with Crippen molar-refractivity contribution in [2.75, 3.05) is 9.62 Å². The monoisotopic (exact) mass is 386 g/mol. The van der Waals surface area contributed by atoms with Crippen LogP contribution >= 0.6 is 11.3 Å². The van der Waals surface area contributed by atoms with Gasteiger partial charge in [-0.05, 0) is 36.4 Å². The maximum Gasteiger partial charge on any atom is 0.284 e. The van der Waals surface area contributed by atoms with E-state index in [0.717, 1.165) is 16.2 Å². The van der Waals surface area contributed by atoms with Gasteiger partial charge in [0.15, 0.2) is 5.13 Å². The number of aromatic nitrogens is 2. The number of benzene rings is 1. The maximum atomic E-state index is 12.4. The van der Waals surface area contributed by atoms with Crippen LogP contribution < -0.4 is 9.62 Å². The van der Waals surface area contributed by atoms with Gasteiger partial charge >= 0.3 is 0 Å². The Balaban J connectivity index is 1.63. The molecule has 0 atom stereocenters. The standard InChI is InChI=1S/C16H10N4O4S2/c21-14-12-2-1-7-17-13(12)15(22)20(14)10-3-5-11(6-4-10)26(23,24)19-16-18-8-9-25-16/h1-9H,(H,18,19). The van der Waals surface area contributed by atoms with Gasteiger partial charge in [-0.1, -0.05) is 0 Å². The molecule has 0 bridgehead atoms. The van der Waals surface area contributed by atoms with E-state index < -0.39 is 21.8 Å². The summed E-state index contributed by atoms with van der Waals surface area (Å²) in [6, 6.07) is 8.55. The molecule has 3 heterocycles. The van der Waals surface area contributed by atoms with E-state index in [1.807, 2.05) is 0 Å². The van der Waals surface area contributed by atoms with Crippen molar-refractivity contribution in [1.82, 2.24) is 9.97 Å². The first kappa shape index (κ1) is 16.4. The Morgan fingerprint density at radius 1 is 0.962 bits per heavy atom. The molecular formula is C16H10N4O4S2. The third kappa shape index (κ3) is 2.65. The van der Waals surface area contributed by atoms with Crippen molar-refractivity contribution in [3.8, 4) is 0 Å². The summed E-state index contributed by atoms with van der Waals surface area (Å²) in [5, 5.41) is 1.90. The Labute approximate surface area is 152 Å². The number of amides is 2. The molecule has 0 saturated carbocycles. The molecule has 1 aliphatic rings. The molecule has 130 valence electrons. The highest BCUT2D eigenvalue weighted by Gasteiger charge is 2.37. The summed E-state index contributed by atoms with van der Waals surface area (Å²) in [5.74, 6) is -1.03. The van der Waals surface area contributed by atoms with Crippen LogP contribution in [0, 0.1) is 0 Å². The van der Waals surface area contributed by atoms with E-state index in [-0.39, 0.29) is 27.0 Å². The van der Waals surface area contributed by atoms with E-state index in [2.05, 4.69) is 14.7 Å². The lowest BCUT2D eigenvalue weighted by atomic mass is 10.2. The van der Waals surface area contributed by atoms with Crippen molar-refractivity contribution in [1.29, 1.82) is 0 Å². The second-order valence-electron chi connectivity index (χ2n) is 5.28. The van der Waals surface area contributed by atoms with Gasteiger partial charge in [0.05, 0.1) is 16.1 Å². The molecule has 2 amide bonds. The second kappa shape index (κ2) is 6.00. The summed E-state index contributed by atoms with van der Waals surface area (Å²) in [5.41, 5.74) is 0.575. The first-order valence-electron chi connectivity index (χ1n) is 7.33. The average Bonchev–Trinajstić information content (AvgIpc) is 3.22. The normalized spacial score (nSPS) is 13.8. The molecule has 2 aromatic heterocycles. The minimum absolute atomic E-state index is 0.00816. The predicted octanol–water partition coefficient (Wildman–Crippen LogP) is 2.14. The first-order chi connectivity index (χ1) is 12.5. The van der Waals surface area contributed by atoms with Gasteiger partial charge in [-0.25, -0.2) is 18.3 Å². The number of carbonyl (C=O) groups excluding carboxylic acids is 2. The molecule has 8 nitrogen and oxygen atoms in total. The Morgan fingerprint density at radius 3 is 2.38 bits per heavy atom. The molecule has 0 spiro atoms. The number of rotatable bonds is 4. The zero-order valence-corrected chi connectivity index (χ0v) is 14.6. The van der Waals surface area contributed by atoms with Crippen LogP contribution in [0.5, 0.6) is 0 Å². The molecule has 1 aromatic carbocycles. The van der Waals surface area contributed by atoms with Crippen LogP contribution in [0.15, 0.2) is 59.1 Å². The Bertz CT molecular complexity index is 1070. The fraction of sp³-hybridized carbons (Fsp3) is 0. The van der Waals surface area contributed by atoms with Gasteiger partial charge in [0.25, 0.3) is 21.8 Å². The molecule has 0 saturated heterocycles. The molecule has 0 fully saturated rings. The predicted molar refractivity (Wildman–Crippen MR) is 94.7 cm³/mol. The summed E-state index contributed by atoms with van der Waals surface area (Å²) in [6.07, 6.45) is 2.93. The maximum absolute atomic E-state index is 12.4. The van der Waals surface area contributed by atoms with Crippen molar-refractivity contribution in [3.63, 3.8) is 0 Å². The van der Waals surface area contributed by atoms with E-state index in [1.165, 1.54) is 42.7 Å². The minimum Gasteiger partial charge on any atom is -0.268 e. The number of hydrogen-bond donors (Lipinski definition) is 1. The van der Waals surface area contributed by atoms with Gasteiger partial charge in [-0.3, -0.25) is 19.3 Å². The molecule has 0 radical (unpaired) electrons. The molecule has 1 aliphatic heterocycles. The third-order valence-corrected chi connectivity index (χ3v) is 5.88.